The van der Waals surface area contributed by atoms with Crippen LogP contribution in [-0.4, -0.2) is 23.7 Å². The molecule has 1 aliphatic rings. The minimum Gasteiger partial charge on any atom is -0.377 e. The van der Waals surface area contributed by atoms with Gasteiger partial charge in [-0.05, 0) is 19.8 Å². The van der Waals surface area contributed by atoms with Gasteiger partial charge in [-0.1, -0.05) is 0 Å². The van der Waals surface area contributed by atoms with Crippen LogP contribution in [0.15, 0.2) is 10.9 Å². The number of nitrogens with zero attached hydrogens (tertiary/aromatic N) is 1. The third-order valence-corrected chi connectivity index (χ3v) is 3.25. The zero-order chi connectivity index (χ0) is 9.80. The lowest BCUT2D eigenvalue weighted by atomic mass is 10.1. The highest BCUT2D eigenvalue weighted by Gasteiger charge is 2.21. The summed E-state index contributed by atoms with van der Waals surface area (Å²) in [5, 5.41) is 5.52. The number of thiazole rings is 1. The maximum Gasteiger partial charge on any atom is 0.0795 e. The van der Waals surface area contributed by atoms with E-state index in [-0.39, 0.29) is 0 Å². The summed E-state index contributed by atoms with van der Waals surface area (Å²) in [6, 6.07) is 0.430. The fourth-order valence-corrected chi connectivity index (χ4v) is 2.28. The molecule has 1 aliphatic heterocycles. The molecule has 0 radical (unpaired) electrons. The topological polar surface area (TPSA) is 34.2 Å². The summed E-state index contributed by atoms with van der Waals surface area (Å²) in [4.78, 5) is 4.23. The normalized spacial score (nSPS) is 23.9. The highest BCUT2D eigenvalue weighted by atomic mass is 32.1. The largest absolute Gasteiger partial charge is 0.377 e. The van der Waals surface area contributed by atoms with E-state index in [1.165, 1.54) is 12.8 Å². The van der Waals surface area contributed by atoms with Gasteiger partial charge in [0.15, 0.2) is 0 Å². The first-order chi connectivity index (χ1) is 6.86. The van der Waals surface area contributed by atoms with Crippen LogP contribution >= 0.6 is 11.3 Å². The van der Waals surface area contributed by atoms with E-state index in [4.69, 9.17) is 4.74 Å². The van der Waals surface area contributed by atoms with Crippen molar-refractivity contribution in [1.29, 1.82) is 0 Å². The molecule has 0 aliphatic carbocycles. The molecule has 1 N–H and O–H groups in total. The van der Waals surface area contributed by atoms with Gasteiger partial charge < -0.3 is 10.1 Å². The van der Waals surface area contributed by atoms with Gasteiger partial charge in [0.05, 0.1) is 17.3 Å². The van der Waals surface area contributed by atoms with Gasteiger partial charge >= 0.3 is 0 Å². The highest BCUT2D eigenvalue weighted by molar-refractivity contribution is 7.07. The van der Waals surface area contributed by atoms with Gasteiger partial charge in [0, 0.05) is 24.6 Å². The number of hydrogen-bond donors (Lipinski definition) is 1. The Hall–Kier alpha value is -0.450. The first kappa shape index (κ1) is 10.1. The van der Waals surface area contributed by atoms with Gasteiger partial charge in [0.2, 0.25) is 0 Å². The molecule has 1 fully saturated rings. The van der Waals surface area contributed by atoms with Crippen molar-refractivity contribution in [2.45, 2.75) is 38.5 Å². The molecule has 0 spiro atoms. The Balaban J connectivity index is 1.74. The Bertz CT molecular complexity index is 257. The van der Waals surface area contributed by atoms with Gasteiger partial charge in [0.25, 0.3) is 0 Å². The summed E-state index contributed by atoms with van der Waals surface area (Å²) in [6.07, 6.45) is 2.78. The first-order valence-electron chi connectivity index (χ1n) is 5.08. The van der Waals surface area contributed by atoms with E-state index in [1.807, 2.05) is 5.51 Å². The molecular weight excluding hydrogens is 196 g/mol. The van der Waals surface area contributed by atoms with Crippen LogP contribution in [0.3, 0.4) is 0 Å². The van der Waals surface area contributed by atoms with Crippen LogP contribution in [-0.2, 0) is 11.3 Å². The molecule has 2 unspecified atom stereocenters. The number of hydrogen-bond acceptors (Lipinski definition) is 4. The minimum absolute atomic E-state index is 0.397. The first-order valence-corrected chi connectivity index (χ1v) is 6.02. The van der Waals surface area contributed by atoms with Crippen LogP contribution in [0.5, 0.6) is 0 Å². The van der Waals surface area contributed by atoms with Crippen molar-refractivity contribution in [2.75, 3.05) is 6.61 Å². The van der Waals surface area contributed by atoms with E-state index in [9.17, 15) is 0 Å². The average Bonchev–Trinajstić information content (AvgIpc) is 2.87. The molecule has 1 saturated heterocycles. The molecule has 2 atom stereocenters. The molecule has 0 saturated carbocycles. The van der Waals surface area contributed by atoms with Crippen molar-refractivity contribution >= 4 is 11.3 Å². The molecule has 2 rings (SSSR count). The number of rotatable bonds is 4. The lowest BCUT2D eigenvalue weighted by molar-refractivity contribution is 0.0831. The van der Waals surface area contributed by atoms with Crippen molar-refractivity contribution in [2.24, 2.45) is 0 Å². The monoisotopic (exact) mass is 212 g/mol. The fraction of sp³-hybridized carbons (Fsp3) is 0.700. The molecule has 0 bridgehead atoms. The lowest BCUT2D eigenvalue weighted by Crippen LogP contribution is -2.36. The Morgan fingerprint density at radius 3 is 3.36 bits per heavy atom. The second-order valence-corrected chi connectivity index (χ2v) is 4.42. The van der Waals surface area contributed by atoms with Crippen molar-refractivity contribution < 1.29 is 4.74 Å². The quantitative estimate of drug-likeness (QED) is 0.826. The Labute approximate surface area is 88.5 Å². The number of aromatic nitrogens is 1. The third kappa shape index (κ3) is 2.53. The van der Waals surface area contributed by atoms with Crippen LogP contribution in [0.2, 0.25) is 0 Å². The van der Waals surface area contributed by atoms with E-state index in [2.05, 4.69) is 22.6 Å². The summed E-state index contributed by atoms with van der Waals surface area (Å²) in [6.45, 7) is 3.96. The molecule has 4 heteroatoms. The minimum atomic E-state index is 0.397. The van der Waals surface area contributed by atoms with Crippen molar-refractivity contribution in [3.05, 3.63) is 16.6 Å². The van der Waals surface area contributed by atoms with Gasteiger partial charge in [-0.2, -0.15) is 0 Å². The smallest absolute Gasteiger partial charge is 0.0795 e. The second kappa shape index (κ2) is 4.87. The lowest BCUT2D eigenvalue weighted by Gasteiger charge is -2.19. The Morgan fingerprint density at radius 2 is 2.71 bits per heavy atom. The molecule has 3 nitrogen and oxygen atoms in total. The van der Waals surface area contributed by atoms with E-state index in [0.717, 1.165) is 18.8 Å². The van der Waals surface area contributed by atoms with Crippen LogP contribution in [0.4, 0.5) is 0 Å². The molecule has 0 aromatic carbocycles. The van der Waals surface area contributed by atoms with Gasteiger partial charge in [-0.3, -0.25) is 0 Å². The van der Waals surface area contributed by atoms with Crippen LogP contribution in [0.1, 0.15) is 25.5 Å². The molecule has 1 aromatic heterocycles. The molecule has 14 heavy (non-hydrogen) atoms. The zero-order valence-electron chi connectivity index (χ0n) is 8.40. The van der Waals surface area contributed by atoms with E-state index < -0.39 is 0 Å². The maximum atomic E-state index is 5.60. The summed E-state index contributed by atoms with van der Waals surface area (Å²) in [5.41, 5.74) is 2.99. The summed E-state index contributed by atoms with van der Waals surface area (Å²) >= 11 is 1.64. The molecule has 78 valence electrons. The van der Waals surface area contributed by atoms with Crippen molar-refractivity contribution in [3.63, 3.8) is 0 Å². The summed E-state index contributed by atoms with van der Waals surface area (Å²) in [5.74, 6) is 0. The van der Waals surface area contributed by atoms with E-state index >= 15 is 0 Å². The van der Waals surface area contributed by atoms with E-state index in [1.54, 1.807) is 11.3 Å². The van der Waals surface area contributed by atoms with Crippen LogP contribution in [0.25, 0.3) is 0 Å². The molecule has 0 amide bonds. The number of nitrogens with one attached hydrogen (secondary N) is 1. The highest BCUT2D eigenvalue weighted by Crippen LogP contribution is 2.15. The standard InChI is InChI=1S/C10H16N2OS/c1-8(10-3-2-4-13-10)11-5-9-6-14-7-12-9/h6-8,10-11H,2-5H2,1H3. The SMILES string of the molecule is CC(NCc1cscn1)C1CCCO1. The third-order valence-electron chi connectivity index (χ3n) is 2.61. The molecule has 1 aromatic rings. The summed E-state index contributed by atoms with van der Waals surface area (Å²) in [7, 11) is 0. The number of ether oxygens (including phenoxy) is 1. The van der Waals surface area contributed by atoms with Crippen LogP contribution in [0, 0.1) is 0 Å². The Morgan fingerprint density at radius 1 is 1.79 bits per heavy atom. The fourth-order valence-electron chi connectivity index (χ4n) is 1.72. The predicted octanol–water partition coefficient (Wildman–Crippen LogP) is 1.80. The zero-order valence-corrected chi connectivity index (χ0v) is 9.22. The summed E-state index contributed by atoms with van der Waals surface area (Å²) < 4.78 is 5.60. The van der Waals surface area contributed by atoms with Crippen LogP contribution < -0.4 is 5.32 Å². The van der Waals surface area contributed by atoms with Gasteiger partial charge in [-0.25, -0.2) is 4.98 Å². The van der Waals surface area contributed by atoms with Gasteiger partial charge in [-0.15, -0.1) is 11.3 Å². The predicted molar refractivity (Wildman–Crippen MR) is 57.4 cm³/mol. The molecule has 2 heterocycles. The van der Waals surface area contributed by atoms with Crippen molar-refractivity contribution in [1.82, 2.24) is 10.3 Å². The molecular formula is C10H16N2OS. The maximum absolute atomic E-state index is 5.60. The van der Waals surface area contributed by atoms with Gasteiger partial charge in [0.1, 0.15) is 0 Å². The second-order valence-electron chi connectivity index (χ2n) is 3.70. The average molecular weight is 212 g/mol. The van der Waals surface area contributed by atoms with E-state index in [0.29, 0.717) is 12.1 Å². The van der Waals surface area contributed by atoms with Crippen molar-refractivity contribution in [3.8, 4) is 0 Å². The Kier molecular flexibility index (Phi) is 3.50.